The van der Waals surface area contributed by atoms with Gasteiger partial charge in [-0.05, 0) is 35.9 Å². The molecule has 0 fully saturated rings. The summed E-state index contributed by atoms with van der Waals surface area (Å²) < 4.78 is 5.18. The van der Waals surface area contributed by atoms with Crippen molar-refractivity contribution in [1.82, 2.24) is 0 Å². The van der Waals surface area contributed by atoms with E-state index in [0.29, 0.717) is 16.9 Å². The van der Waals surface area contributed by atoms with E-state index in [4.69, 9.17) is 10.00 Å². The highest BCUT2D eigenvalue weighted by Gasteiger charge is 2.12. The largest absolute Gasteiger partial charge is 0.496 e. The zero-order chi connectivity index (χ0) is 12.4. The van der Waals surface area contributed by atoms with Crippen LogP contribution in [0.3, 0.4) is 0 Å². The van der Waals surface area contributed by atoms with Crippen LogP contribution in [0.2, 0.25) is 0 Å². The number of benzene rings is 2. The van der Waals surface area contributed by atoms with Gasteiger partial charge in [0.05, 0.1) is 24.3 Å². The highest BCUT2D eigenvalue weighted by atomic mass is 16.5. The molecule has 0 bridgehead atoms. The molecule has 0 unspecified atom stereocenters. The number of Topliss-reactive ketones (excluding diaryl/α,β-unsaturated/α-hetero) is 1. The van der Waals surface area contributed by atoms with E-state index >= 15 is 0 Å². The fourth-order valence-corrected chi connectivity index (χ4v) is 1.90. The maximum absolute atomic E-state index is 11.7. The van der Waals surface area contributed by atoms with Crippen molar-refractivity contribution in [1.29, 1.82) is 5.26 Å². The number of ether oxygens (including phenoxy) is 1. The van der Waals surface area contributed by atoms with Crippen molar-refractivity contribution in [3.05, 3.63) is 41.5 Å². The molecule has 0 N–H and O–H groups in total. The third-order valence-corrected chi connectivity index (χ3v) is 2.68. The Bertz CT molecular complexity index is 638. The minimum Gasteiger partial charge on any atom is -0.496 e. The standard InChI is InChI=1S/C14H11NO2/c1-9(16)14-12-7-10(8-15)3-4-11(12)5-6-13(14)17-2/h3-7H,1-2H3. The molecular weight excluding hydrogens is 214 g/mol. The summed E-state index contributed by atoms with van der Waals surface area (Å²) in [7, 11) is 1.53. The summed E-state index contributed by atoms with van der Waals surface area (Å²) in [6, 6.07) is 11.0. The average molecular weight is 225 g/mol. The SMILES string of the molecule is COc1ccc2ccc(C#N)cc2c1C(C)=O. The first-order valence-corrected chi connectivity index (χ1v) is 5.19. The van der Waals surface area contributed by atoms with Crippen LogP contribution in [0.4, 0.5) is 0 Å². The maximum atomic E-state index is 11.7. The number of methoxy groups -OCH3 is 1. The summed E-state index contributed by atoms with van der Waals surface area (Å²) in [6.45, 7) is 1.50. The number of fused-ring (bicyclic) bond motifs is 1. The van der Waals surface area contributed by atoms with E-state index in [-0.39, 0.29) is 5.78 Å². The van der Waals surface area contributed by atoms with Crippen LogP contribution >= 0.6 is 0 Å². The minimum absolute atomic E-state index is 0.0671. The second-order valence-corrected chi connectivity index (χ2v) is 3.75. The monoisotopic (exact) mass is 225 g/mol. The van der Waals surface area contributed by atoms with Crippen LogP contribution in [0, 0.1) is 11.3 Å². The Balaban J connectivity index is 2.87. The topological polar surface area (TPSA) is 50.1 Å². The second kappa shape index (κ2) is 4.26. The average Bonchev–Trinajstić information content (AvgIpc) is 2.36. The van der Waals surface area contributed by atoms with Crippen LogP contribution in [-0.2, 0) is 0 Å². The molecule has 0 saturated carbocycles. The number of carbonyl (C=O) groups is 1. The Morgan fingerprint density at radius 3 is 2.59 bits per heavy atom. The molecule has 2 aromatic carbocycles. The predicted molar refractivity (Wildman–Crippen MR) is 65.2 cm³/mol. The van der Waals surface area contributed by atoms with E-state index < -0.39 is 0 Å². The molecule has 0 aliphatic heterocycles. The van der Waals surface area contributed by atoms with Gasteiger partial charge in [0, 0.05) is 0 Å². The lowest BCUT2D eigenvalue weighted by Gasteiger charge is -2.09. The quantitative estimate of drug-likeness (QED) is 0.738. The first kappa shape index (κ1) is 11.2. The van der Waals surface area contributed by atoms with E-state index in [1.54, 1.807) is 18.2 Å². The number of nitriles is 1. The highest BCUT2D eigenvalue weighted by Crippen LogP contribution is 2.29. The van der Waals surface area contributed by atoms with Gasteiger partial charge in [0.2, 0.25) is 0 Å². The van der Waals surface area contributed by atoms with Crippen LogP contribution < -0.4 is 4.74 Å². The van der Waals surface area contributed by atoms with E-state index in [9.17, 15) is 4.79 Å². The molecule has 84 valence electrons. The lowest BCUT2D eigenvalue weighted by atomic mass is 9.99. The molecule has 0 amide bonds. The van der Waals surface area contributed by atoms with Gasteiger partial charge in [-0.25, -0.2) is 0 Å². The molecule has 0 atom stereocenters. The van der Waals surface area contributed by atoms with Crippen molar-refractivity contribution in [2.45, 2.75) is 6.92 Å². The first-order valence-electron chi connectivity index (χ1n) is 5.19. The second-order valence-electron chi connectivity index (χ2n) is 3.75. The molecule has 0 radical (unpaired) electrons. The number of hydrogen-bond donors (Lipinski definition) is 0. The van der Waals surface area contributed by atoms with E-state index in [2.05, 4.69) is 6.07 Å². The Morgan fingerprint density at radius 2 is 2.00 bits per heavy atom. The molecule has 0 aliphatic carbocycles. The van der Waals surface area contributed by atoms with Gasteiger partial charge in [-0.1, -0.05) is 12.1 Å². The summed E-state index contributed by atoms with van der Waals surface area (Å²) >= 11 is 0. The normalized spacial score (nSPS) is 9.94. The molecule has 0 spiro atoms. The summed E-state index contributed by atoms with van der Waals surface area (Å²) in [6.07, 6.45) is 0. The predicted octanol–water partition coefficient (Wildman–Crippen LogP) is 2.92. The van der Waals surface area contributed by atoms with Gasteiger partial charge in [-0.3, -0.25) is 4.79 Å². The van der Waals surface area contributed by atoms with E-state index in [0.717, 1.165) is 10.8 Å². The highest BCUT2D eigenvalue weighted by molar-refractivity contribution is 6.09. The molecule has 17 heavy (non-hydrogen) atoms. The van der Waals surface area contributed by atoms with Gasteiger partial charge in [0.15, 0.2) is 5.78 Å². The molecule has 3 nitrogen and oxygen atoms in total. The van der Waals surface area contributed by atoms with Crippen molar-refractivity contribution in [2.75, 3.05) is 7.11 Å². The minimum atomic E-state index is -0.0671. The van der Waals surface area contributed by atoms with Gasteiger partial charge in [0.1, 0.15) is 5.75 Å². The van der Waals surface area contributed by atoms with Crippen LogP contribution in [0.25, 0.3) is 10.8 Å². The third-order valence-electron chi connectivity index (χ3n) is 2.68. The van der Waals surface area contributed by atoms with Gasteiger partial charge < -0.3 is 4.74 Å². The zero-order valence-corrected chi connectivity index (χ0v) is 9.65. The van der Waals surface area contributed by atoms with Crippen LogP contribution in [0.1, 0.15) is 22.8 Å². The summed E-state index contributed by atoms with van der Waals surface area (Å²) in [4.78, 5) is 11.7. The summed E-state index contributed by atoms with van der Waals surface area (Å²) in [5, 5.41) is 10.6. The molecule has 0 aliphatic rings. The van der Waals surface area contributed by atoms with Gasteiger partial charge >= 0.3 is 0 Å². The van der Waals surface area contributed by atoms with Crippen molar-refractivity contribution >= 4 is 16.6 Å². The number of rotatable bonds is 2. The number of nitrogens with zero attached hydrogens (tertiary/aromatic N) is 1. The number of ketones is 1. The van der Waals surface area contributed by atoms with Gasteiger partial charge in [-0.2, -0.15) is 5.26 Å². The molecule has 3 heteroatoms. The summed E-state index contributed by atoms with van der Waals surface area (Å²) in [5.41, 5.74) is 1.07. The van der Waals surface area contributed by atoms with Crippen molar-refractivity contribution in [3.8, 4) is 11.8 Å². The Hall–Kier alpha value is -2.34. The van der Waals surface area contributed by atoms with Crippen LogP contribution in [0.15, 0.2) is 30.3 Å². The van der Waals surface area contributed by atoms with E-state index in [1.165, 1.54) is 14.0 Å². The van der Waals surface area contributed by atoms with Crippen molar-refractivity contribution in [3.63, 3.8) is 0 Å². The van der Waals surface area contributed by atoms with Crippen LogP contribution in [-0.4, -0.2) is 12.9 Å². The van der Waals surface area contributed by atoms with Gasteiger partial charge in [-0.15, -0.1) is 0 Å². The molecule has 2 aromatic rings. The Morgan fingerprint density at radius 1 is 1.29 bits per heavy atom. The smallest absolute Gasteiger partial charge is 0.164 e. The Kier molecular flexibility index (Phi) is 2.80. The maximum Gasteiger partial charge on any atom is 0.164 e. The van der Waals surface area contributed by atoms with Crippen LogP contribution in [0.5, 0.6) is 5.75 Å². The zero-order valence-electron chi connectivity index (χ0n) is 9.65. The lowest BCUT2D eigenvalue weighted by molar-refractivity contribution is 0.101. The number of hydrogen-bond acceptors (Lipinski definition) is 3. The fraction of sp³-hybridized carbons (Fsp3) is 0.143. The third kappa shape index (κ3) is 1.85. The Labute approximate surface area is 99.2 Å². The molecular formula is C14H11NO2. The number of carbonyl (C=O) groups excluding carboxylic acids is 1. The van der Waals surface area contributed by atoms with Crippen molar-refractivity contribution < 1.29 is 9.53 Å². The fourth-order valence-electron chi connectivity index (χ4n) is 1.90. The molecule has 0 aromatic heterocycles. The summed E-state index contributed by atoms with van der Waals surface area (Å²) in [5.74, 6) is 0.475. The molecule has 0 saturated heterocycles. The lowest BCUT2D eigenvalue weighted by Crippen LogP contribution is -1.99. The first-order chi connectivity index (χ1) is 8.17. The molecule has 2 rings (SSSR count). The van der Waals surface area contributed by atoms with E-state index in [1.807, 2.05) is 12.1 Å². The van der Waals surface area contributed by atoms with Crippen molar-refractivity contribution in [2.24, 2.45) is 0 Å². The molecule has 0 heterocycles. The van der Waals surface area contributed by atoms with Gasteiger partial charge in [0.25, 0.3) is 0 Å².